The van der Waals surface area contributed by atoms with Crippen molar-refractivity contribution < 1.29 is 80.2 Å². The first-order chi connectivity index (χ1) is 50.5. The molecule has 5 atom stereocenters. The van der Waals surface area contributed by atoms with E-state index >= 15 is 0 Å². The van der Waals surface area contributed by atoms with E-state index in [1.165, 1.54) is 276 Å². The van der Waals surface area contributed by atoms with Crippen LogP contribution >= 0.6 is 15.6 Å². The van der Waals surface area contributed by atoms with Crippen molar-refractivity contribution in [3.63, 3.8) is 0 Å². The molecular formula is C85H166O17P2. The number of aliphatic hydroxyl groups is 1. The summed E-state index contributed by atoms with van der Waals surface area (Å²) < 4.78 is 68.9. The zero-order valence-electron chi connectivity index (χ0n) is 68.2. The number of hydrogen-bond donors (Lipinski definition) is 3. The molecule has 0 aliphatic rings. The van der Waals surface area contributed by atoms with Crippen LogP contribution in [0.15, 0.2) is 0 Å². The summed E-state index contributed by atoms with van der Waals surface area (Å²) >= 11 is 0. The molecule has 0 radical (unpaired) electrons. The standard InChI is InChI=1S/C85H166O17P2/c1-6-9-12-15-18-21-24-27-30-33-34-35-38-41-44-47-50-55-61-66-70-84(89)101-80(74-95-82(87)68-63-58-53-48-45-42-39-36-31-28-25-22-19-16-13-10-7-2)76-99-103(91,92)97-72-79(86)73-98-104(93,94)100-77-81(75-96-83(88)69-64-59-56-51-52-57-62-67-78(4)5)102-85(90)71-65-60-54-49-46-43-40-37-32-29-26-23-20-17-14-11-8-3/h78-81,86H,6-77H2,1-5H3,(H,91,92)(H,93,94)/t79-,80-,81-/m1/s1. The first-order valence-electron chi connectivity index (χ1n) is 44.1. The van der Waals surface area contributed by atoms with E-state index < -0.39 is 97.5 Å². The summed E-state index contributed by atoms with van der Waals surface area (Å²) in [5.74, 6) is -1.40. The highest BCUT2D eigenvalue weighted by Gasteiger charge is 2.30. The molecule has 0 saturated heterocycles. The van der Waals surface area contributed by atoms with Gasteiger partial charge < -0.3 is 33.8 Å². The maximum absolute atomic E-state index is 13.1. The van der Waals surface area contributed by atoms with Crippen LogP contribution in [0.4, 0.5) is 0 Å². The zero-order chi connectivity index (χ0) is 76.2. The molecule has 0 bridgehead atoms. The Balaban J connectivity index is 5.23. The zero-order valence-corrected chi connectivity index (χ0v) is 70.0. The Morgan fingerprint density at radius 3 is 0.654 bits per heavy atom. The van der Waals surface area contributed by atoms with Gasteiger partial charge in [0.2, 0.25) is 0 Å². The van der Waals surface area contributed by atoms with Crippen molar-refractivity contribution in [3.05, 3.63) is 0 Å². The molecule has 0 aliphatic carbocycles. The van der Waals surface area contributed by atoms with Crippen molar-refractivity contribution in [1.29, 1.82) is 0 Å². The lowest BCUT2D eigenvalue weighted by Crippen LogP contribution is -2.30. The van der Waals surface area contributed by atoms with Gasteiger partial charge in [0.1, 0.15) is 19.3 Å². The quantitative estimate of drug-likeness (QED) is 0.0222. The average Bonchev–Trinajstić information content (AvgIpc) is 0.907. The molecule has 3 N–H and O–H groups in total. The second kappa shape index (κ2) is 77.8. The monoisotopic (exact) mass is 1520 g/mol. The highest BCUT2D eigenvalue weighted by Crippen LogP contribution is 2.45. The Morgan fingerprint density at radius 1 is 0.260 bits per heavy atom. The molecule has 0 aliphatic heterocycles. The number of hydrogen-bond acceptors (Lipinski definition) is 15. The van der Waals surface area contributed by atoms with E-state index in [1.807, 2.05) is 0 Å². The normalized spacial score (nSPS) is 13.8. The maximum atomic E-state index is 13.1. The minimum atomic E-state index is -4.96. The molecule has 0 fully saturated rings. The molecule has 104 heavy (non-hydrogen) atoms. The van der Waals surface area contributed by atoms with Gasteiger partial charge >= 0.3 is 39.5 Å². The van der Waals surface area contributed by atoms with Crippen molar-refractivity contribution in [1.82, 2.24) is 0 Å². The molecule has 2 unspecified atom stereocenters. The number of carbonyl (C=O) groups excluding carboxylic acids is 4. The first kappa shape index (κ1) is 102. The highest BCUT2D eigenvalue weighted by molar-refractivity contribution is 7.47. The van der Waals surface area contributed by atoms with Gasteiger partial charge in [-0.25, -0.2) is 9.13 Å². The summed E-state index contributed by atoms with van der Waals surface area (Å²) in [6.45, 7) is 7.31. The molecule has 618 valence electrons. The Hall–Kier alpha value is -1.94. The Kier molecular flexibility index (Phi) is 76.3. The second-order valence-corrected chi connectivity index (χ2v) is 34.0. The van der Waals surface area contributed by atoms with Crippen molar-refractivity contribution in [2.75, 3.05) is 39.6 Å². The summed E-state index contributed by atoms with van der Waals surface area (Å²) in [6, 6.07) is 0. The predicted octanol–water partition coefficient (Wildman–Crippen LogP) is 26.0. The van der Waals surface area contributed by atoms with E-state index in [-0.39, 0.29) is 25.7 Å². The lowest BCUT2D eigenvalue weighted by molar-refractivity contribution is -0.161. The van der Waals surface area contributed by atoms with Crippen molar-refractivity contribution in [3.8, 4) is 0 Å². The summed E-state index contributed by atoms with van der Waals surface area (Å²) in [4.78, 5) is 73.2. The van der Waals surface area contributed by atoms with Gasteiger partial charge in [-0.2, -0.15) is 0 Å². The molecule has 0 rings (SSSR count). The van der Waals surface area contributed by atoms with Crippen molar-refractivity contribution in [2.24, 2.45) is 5.92 Å². The maximum Gasteiger partial charge on any atom is 0.472 e. The molecule has 0 aromatic carbocycles. The van der Waals surface area contributed by atoms with Gasteiger partial charge in [-0.05, 0) is 31.6 Å². The van der Waals surface area contributed by atoms with Gasteiger partial charge in [-0.3, -0.25) is 37.3 Å². The number of rotatable bonds is 85. The fourth-order valence-corrected chi connectivity index (χ4v) is 14.9. The second-order valence-electron chi connectivity index (χ2n) is 31.1. The third-order valence-corrected chi connectivity index (χ3v) is 21.9. The molecule has 0 aromatic rings. The van der Waals surface area contributed by atoms with Gasteiger partial charge in [-0.15, -0.1) is 0 Å². The van der Waals surface area contributed by atoms with Crippen LogP contribution < -0.4 is 0 Å². The number of ether oxygens (including phenoxy) is 4. The molecule has 0 spiro atoms. The fraction of sp³-hybridized carbons (Fsp3) is 0.953. The van der Waals surface area contributed by atoms with Crippen LogP contribution in [0.3, 0.4) is 0 Å². The Labute approximate surface area is 638 Å². The molecular weight excluding hydrogens is 1350 g/mol. The number of phosphoric acid groups is 2. The molecule has 0 amide bonds. The lowest BCUT2D eigenvalue weighted by atomic mass is 10.0. The largest absolute Gasteiger partial charge is 0.472 e. The number of esters is 4. The topological polar surface area (TPSA) is 237 Å². The molecule has 0 heterocycles. The van der Waals surface area contributed by atoms with Crippen LogP contribution in [0.5, 0.6) is 0 Å². The number of unbranched alkanes of at least 4 members (excludes halogenated alkanes) is 57. The minimum Gasteiger partial charge on any atom is -0.462 e. The smallest absolute Gasteiger partial charge is 0.462 e. The molecule has 19 heteroatoms. The third kappa shape index (κ3) is 78.2. The van der Waals surface area contributed by atoms with Crippen LogP contribution in [0, 0.1) is 5.92 Å². The Morgan fingerprint density at radius 2 is 0.442 bits per heavy atom. The number of aliphatic hydroxyl groups excluding tert-OH is 1. The molecule has 0 saturated carbocycles. The number of carbonyl (C=O) groups is 4. The fourth-order valence-electron chi connectivity index (χ4n) is 13.3. The lowest BCUT2D eigenvalue weighted by Gasteiger charge is -2.21. The highest BCUT2D eigenvalue weighted by atomic mass is 31.2. The van der Waals surface area contributed by atoms with Gasteiger partial charge in [-0.1, -0.05) is 407 Å². The number of phosphoric ester groups is 2. The van der Waals surface area contributed by atoms with Crippen LogP contribution in [0.1, 0.15) is 458 Å². The molecule has 0 aromatic heterocycles. The van der Waals surface area contributed by atoms with E-state index in [4.69, 9.17) is 37.0 Å². The van der Waals surface area contributed by atoms with E-state index in [1.54, 1.807) is 0 Å². The summed E-state index contributed by atoms with van der Waals surface area (Å²) in [6.07, 6.45) is 70.9. The van der Waals surface area contributed by atoms with E-state index in [9.17, 15) is 43.2 Å². The predicted molar refractivity (Wildman–Crippen MR) is 428 cm³/mol. The summed E-state index contributed by atoms with van der Waals surface area (Å²) in [5, 5.41) is 10.7. The van der Waals surface area contributed by atoms with Crippen molar-refractivity contribution >= 4 is 39.5 Å². The minimum absolute atomic E-state index is 0.108. The van der Waals surface area contributed by atoms with E-state index in [0.717, 1.165) is 96.3 Å². The summed E-state index contributed by atoms with van der Waals surface area (Å²) in [7, 11) is -9.93. The van der Waals surface area contributed by atoms with Crippen LogP contribution in [0.25, 0.3) is 0 Å². The third-order valence-electron chi connectivity index (χ3n) is 20.0. The average molecular weight is 1520 g/mol. The first-order valence-corrected chi connectivity index (χ1v) is 47.1. The van der Waals surface area contributed by atoms with Gasteiger partial charge in [0.15, 0.2) is 12.2 Å². The van der Waals surface area contributed by atoms with E-state index in [0.29, 0.717) is 31.6 Å². The van der Waals surface area contributed by atoms with Crippen LogP contribution in [-0.4, -0.2) is 96.7 Å². The molecule has 17 nitrogen and oxygen atoms in total. The van der Waals surface area contributed by atoms with Crippen molar-refractivity contribution in [2.45, 2.75) is 477 Å². The van der Waals surface area contributed by atoms with Crippen LogP contribution in [-0.2, 0) is 65.4 Å². The van der Waals surface area contributed by atoms with Gasteiger partial charge in [0.25, 0.3) is 0 Å². The Bertz CT molecular complexity index is 1980. The summed E-state index contributed by atoms with van der Waals surface area (Å²) in [5.41, 5.74) is 0. The van der Waals surface area contributed by atoms with Gasteiger partial charge in [0.05, 0.1) is 26.4 Å². The van der Waals surface area contributed by atoms with E-state index in [2.05, 4.69) is 34.6 Å². The SMILES string of the molecule is CCCCCCCCCCCCCCCCCCCCCCC(=O)O[C@H](COC(=O)CCCCCCCCCCCCCCCCCCC)COP(=O)(O)OC[C@@H](O)COP(=O)(O)OC[C@@H](COC(=O)CCCCCCCCCC(C)C)OC(=O)CCCCCCCCCCCCCCCCCCC. The van der Waals surface area contributed by atoms with Gasteiger partial charge in [0, 0.05) is 25.7 Å². The van der Waals surface area contributed by atoms with Crippen LogP contribution in [0.2, 0.25) is 0 Å².